The molecule has 204 valence electrons. The Bertz CT molecular complexity index is 1970. The molecule has 2 aromatic heterocycles. The quantitative estimate of drug-likeness (QED) is 0.182. The van der Waals surface area contributed by atoms with Crippen molar-refractivity contribution in [2.45, 2.75) is 83.2 Å². The van der Waals surface area contributed by atoms with Crippen molar-refractivity contribution in [3.05, 3.63) is 101 Å². The summed E-state index contributed by atoms with van der Waals surface area (Å²) in [5.74, 6) is 3.32. The van der Waals surface area contributed by atoms with Crippen LogP contribution in [0.2, 0.25) is 0 Å². The van der Waals surface area contributed by atoms with Crippen molar-refractivity contribution in [1.82, 2.24) is 4.57 Å². The largest absolute Gasteiger partial charge is 0.448 e. The average molecular weight is 540 g/mol. The lowest BCUT2D eigenvalue weighted by Gasteiger charge is -2.43. The molecule has 5 aromatic rings. The molecular weight excluding hydrogens is 502 g/mol. The second kappa shape index (κ2) is 6.92. The second-order valence-electron chi connectivity index (χ2n) is 14.9. The highest BCUT2D eigenvalue weighted by Crippen LogP contribution is 2.60. The Morgan fingerprint density at radius 2 is 1.56 bits per heavy atom. The van der Waals surface area contributed by atoms with E-state index >= 15 is 0 Å². The standard InChI is InChI=1S/C37H37N3O/c1-34(2,3)40-27-16-12-17-28-31(27)39-30-25(21-24-29(32(30)41-28)36(6,7)19-18-35(24,4)5)37(33(39)40)23-14-9-8-13-22(23)26-15-10-11-20-38(26)37/h8-17,20-21H,18-19H2,1-7H3/q+2. The molecule has 0 N–H and O–H groups in total. The molecule has 0 radical (unpaired) electrons. The van der Waals surface area contributed by atoms with Gasteiger partial charge in [-0.25, -0.2) is 4.57 Å². The first kappa shape index (κ1) is 23.8. The maximum absolute atomic E-state index is 7.15. The molecule has 5 heterocycles. The number of hydrogen-bond donors (Lipinski definition) is 0. The van der Waals surface area contributed by atoms with E-state index in [0.717, 1.165) is 24.3 Å². The monoisotopic (exact) mass is 539 g/mol. The van der Waals surface area contributed by atoms with E-state index in [9.17, 15) is 0 Å². The highest BCUT2D eigenvalue weighted by Gasteiger charge is 2.70. The summed E-state index contributed by atoms with van der Waals surface area (Å²) in [5.41, 5.74) is 11.1. The molecule has 41 heavy (non-hydrogen) atoms. The lowest BCUT2D eigenvalue weighted by molar-refractivity contribution is -0.733. The summed E-state index contributed by atoms with van der Waals surface area (Å²) >= 11 is 0. The Hall–Kier alpha value is -3.92. The molecule has 3 aliphatic heterocycles. The van der Waals surface area contributed by atoms with Gasteiger partial charge in [-0.2, -0.15) is 9.13 Å². The SMILES string of the molecule is CC1(C)CCC(C)(C)c2c1cc1c3c2Oc2cccc4c2[n+]-3c(n4C(C)(C)C)C12c1ccccc1-c1cccc[n+]12. The normalized spacial score (nSPS) is 21.5. The molecule has 1 aliphatic carbocycles. The van der Waals surface area contributed by atoms with Crippen LogP contribution in [0.3, 0.4) is 0 Å². The van der Waals surface area contributed by atoms with Gasteiger partial charge in [-0.3, -0.25) is 0 Å². The first-order valence-corrected chi connectivity index (χ1v) is 15.1. The number of nitrogens with zero attached hydrogens (tertiary/aromatic N) is 3. The summed E-state index contributed by atoms with van der Waals surface area (Å²) in [7, 11) is 0. The van der Waals surface area contributed by atoms with Crippen LogP contribution in [0.15, 0.2) is 72.9 Å². The van der Waals surface area contributed by atoms with E-state index < -0.39 is 5.54 Å². The molecule has 4 heteroatoms. The molecular formula is C37H37N3O+2. The Morgan fingerprint density at radius 3 is 2.37 bits per heavy atom. The third-order valence-corrected chi connectivity index (χ3v) is 10.5. The Labute approximate surface area is 241 Å². The van der Waals surface area contributed by atoms with Gasteiger partial charge >= 0.3 is 11.4 Å². The zero-order valence-electron chi connectivity index (χ0n) is 25.1. The molecule has 3 aromatic carbocycles. The van der Waals surface area contributed by atoms with Crippen molar-refractivity contribution in [2.75, 3.05) is 0 Å². The van der Waals surface area contributed by atoms with E-state index in [1.54, 1.807) is 0 Å². The summed E-state index contributed by atoms with van der Waals surface area (Å²) in [6.07, 6.45) is 4.60. The molecule has 1 unspecified atom stereocenters. The van der Waals surface area contributed by atoms with Gasteiger partial charge in [0.25, 0.3) is 0 Å². The number of para-hydroxylation sites is 1. The summed E-state index contributed by atoms with van der Waals surface area (Å²) in [4.78, 5) is 0. The van der Waals surface area contributed by atoms with Crippen LogP contribution in [0.25, 0.3) is 28.0 Å². The van der Waals surface area contributed by atoms with Gasteiger partial charge in [0.2, 0.25) is 11.2 Å². The lowest BCUT2D eigenvalue weighted by Crippen LogP contribution is -2.58. The summed E-state index contributed by atoms with van der Waals surface area (Å²) in [6, 6.07) is 24.9. The molecule has 0 amide bonds. The van der Waals surface area contributed by atoms with Crippen LogP contribution in [-0.4, -0.2) is 4.57 Å². The van der Waals surface area contributed by atoms with Crippen LogP contribution in [0.5, 0.6) is 11.5 Å². The first-order valence-electron chi connectivity index (χ1n) is 15.1. The lowest BCUT2D eigenvalue weighted by atomic mass is 9.61. The number of imidazole rings is 1. The fourth-order valence-electron chi connectivity index (χ4n) is 8.71. The smallest absolute Gasteiger partial charge is 0.347 e. The number of benzene rings is 3. The van der Waals surface area contributed by atoms with Gasteiger partial charge in [-0.1, -0.05) is 52.0 Å². The van der Waals surface area contributed by atoms with Gasteiger partial charge in [-0.05, 0) is 80.3 Å². The average Bonchev–Trinajstić information content (AvgIpc) is 3.53. The van der Waals surface area contributed by atoms with Gasteiger partial charge in [0.05, 0.1) is 16.7 Å². The number of ether oxygens (including phenoxy) is 1. The summed E-state index contributed by atoms with van der Waals surface area (Å²) in [6.45, 7) is 16.7. The molecule has 0 saturated carbocycles. The van der Waals surface area contributed by atoms with Gasteiger partial charge in [0.1, 0.15) is 5.54 Å². The Kier molecular flexibility index (Phi) is 4.01. The van der Waals surface area contributed by atoms with Crippen LogP contribution < -0.4 is 13.9 Å². The van der Waals surface area contributed by atoms with Crippen LogP contribution in [0, 0.1) is 0 Å². The van der Waals surface area contributed by atoms with Crippen LogP contribution in [0.1, 0.15) is 89.4 Å². The number of hydrogen-bond acceptors (Lipinski definition) is 1. The van der Waals surface area contributed by atoms with Crippen LogP contribution in [0.4, 0.5) is 0 Å². The Morgan fingerprint density at radius 1 is 0.805 bits per heavy atom. The molecule has 0 fully saturated rings. The topological polar surface area (TPSA) is 21.9 Å². The van der Waals surface area contributed by atoms with Gasteiger partial charge < -0.3 is 4.74 Å². The van der Waals surface area contributed by atoms with E-state index in [2.05, 4.69) is 135 Å². The van der Waals surface area contributed by atoms with E-state index in [-0.39, 0.29) is 16.4 Å². The highest BCUT2D eigenvalue weighted by atomic mass is 16.5. The molecule has 4 nitrogen and oxygen atoms in total. The fraction of sp³-hybridized carbons (Fsp3) is 0.351. The number of pyridine rings is 1. The third kappa shape index (κ3) is 2.52. The molecule has 4 aliphatic rings. The van der Waals surface area contributed by atoms with Gasteiger partial charge in [0, 0.05) is 17.7 Å². The maximum Gasteiger partial charge on any atom is 0.347 e. The number of aromatic nitrogens is 3. The number of fused-ring (bicyclic) bond motifs is 9. The fourth-order valence-corrected chi connectivity index (χ4v) is 8.71. The predicted molar refractivity (Wildman–Crippen MR) is 161 cm³/mol. The van der Waals surface area contributed by atoms with Gasteiger partial charge in [-0.15, -0.1) is 0 Å². The summed E-state index contributed by atoms with van der Waals surface area (Å²) in [5, 5.41) is 0. The molecule has 0 saturated heterocycles. The third-order valence-electron chi connectivity index (χ3n) is 10.5. The van der Waals surface area contributed by atoms with Crippen molar-refractivity contribution in [3.8, 4) is 28.4 Å². The minimum atomic E-state index is -0.527. The molecule has 9 rings (SSSR count). The minimum Gasteiger partial charge on any atom is -0.448 e. The van der Waals surface area contributed by atoms with Crippen molar-refractivity contribution in [3.63, 3.8) is 0 Å². The highest BCUT2D eigenvalue weighted by molar-refractivity contribution is 5.86. The van der Waals surface area contributed by atoms with Crippen molar-refractivity contribution < 1.29 is 13.9 Å². The zero-order chi connectivity index (χ0) is 28.3. The first-order chi connectivity index (χ1) is 19.5. The Balaban J connectivity index is 1.60. The van der Waals surface area contributed by atoms with E-state index in [1.807, 2.05) is 0 Å². The van der Waals surface area contributed by atoms with Crippen molar-refractivity contribution in [1.29, 1.82) is 0 Å². The molecule has 1 spiro atoms. The maximum atomic E-state index is 7.15. The molecule has 1 atom stereocenters. The van der Waals surface area contributed by atoms with E-state index in [4.69, 9.17) is 4.74 Å². The van der Waals surface area contributed by atoms with Gasteiger partial charge in [0.15, 0.2) is 28.9 Å². The van der Waals surface area contributed by atoms with E-state index in [0.29, 0.717) is 0 Å². The predicted octanol–water partition coefficient (Wildman–Crippen LogP) is 7.55. The van der Waals surface area contributed by atoms with Crippen molar-refractivity contribution >= 4 is 11.0 Å². The van der Waals surface area contributed by atoms with Crippen LogP contribution >= 0.6 is 0 Å². The number of rotatable bonds is 0. The minimum absolute atomic E-state index is 0.0162. The second-order valence-corrected chi connectivity index (χ2v) is 14.9. The molecule has 0 bridgehead atoms. The summed E-state index contributed by atoms with van der Waals surface area (Å²) < 4.78 is 14.9. The van der Waals surface area contributed by atoms with Crippen LogP contribution in [-0.2, 0) is 21.9 Å². The van der Waals surface area contributed by atoms with E-state index in [1.165, 1.54) is 56.1 Å². The van der Waals surface area contributed by atoms with Crippen molar-refractivity contribution in [2.24, 2.45) is 0 Å². The zero-order valence-corrected chi connectivity index (χ0v) is 25.1.